The van der Waals surface area contributed by atoms with Crippen molar-refractivity contribution < 1.29 is 18.8 Å². The Morgan fingerprint density at radius 2 is 1.95 bits per heavy atom. The van der Waals surface area contributed by atoms with Gasteiger partial charge in [0, 0.05) is 11.1 Å². The Morgan fingerprint density at radius 3 is 2.68 bits per heavy atom. The number of carbonyl (C=O) groups excluding carboxylic acids is 1. The highest BCUT2D eigenvalue weighted by atomic mass is 35.5. The summed E-state index contributed by atoms with van der Waals surface area (Å²) < 4.78 is 18.9. The summed E-state index contributed by atoms with van der Waals surface area (Å²) in [7, 11) is 0. The summed E-state index contributed by atoms with van der Waals surface area (Å²) in [5, 5.41) is 6.02. The lowest BCUT2D eigenvalue weighted by molar-refractivity contribution is -0.112. The SMILES string of the molecule is Clc1cc(CCCN2CCCC2)ccc1OC1CC1.NC(=O)C1=NOCc2c1ccc1cc(F)ccc21. The van der Waals surface area contributed by atoms with E-state index in [0.29, 0.717) is 11.7 Å². The number of likely N-dealkylation sites (tertiary alicyclic amines) is 1. The summed E-state index contributed by atoms with van der Waals surface area (Å²) >= 11 is 6.27. The molecule has 0 atom stereocenters. The number of amides is 1. The van der Waals surface area contributed by atoms with E-state index in [9.17, 15) is 9.18 Å². The monoisotopic (exact) mass is 523 g/mol. The van der Waals surface area contributed by atoms with Crippen LogP contribution >= 0.6 is 11.6 Å². The number of nitrogens with two attached hydrogens (primary N) is 1. The minimum Gasteiger partial charge on any atom is -0.489 e. The Labute approximate surface area is 221 Å². The Balaban J connectivity index is 0.000000152. The van der Waals surface area contributed by atoms with E-state index in [1.807, 2.05) is 6.07 Å². The molecule has 0 spiro atoms. The van der Waals surface area contributed by atoms with Gasteiger partial charge < -0.3 is 20.2 Å². The first-order valence-electron chi connectivity index (χ1n) is 12.9. The highest BCUT2D eigenvalue weighted by molar-refractivity contribution is 6.45. The van der Waals surface area contributed by atoms with E-state index in [1.165, 1.54) is 69.4 Å². The standard InChI is InChI=1S/C16H22ClNO.C13H9FN2O2/c17-15-12-13(4-3-11-18-9-1-2-10-18)5-8-16(15)19-14-6-7-14;14-8-2-4-9-7(5-8)1-3-10-11(9)6-18-16-12(10)13(15)17/h5,8,12,14H,1-4,6-7,9-11H2;1-5H,6H2,(H2,15,17). The second-order valence-electron chi connectivity index (χ2n) is 9.77. The van der Waals surface area contributed by atoms with E-state index >= 15 is 0 Å². The number of carbonyl (C=O) groups is 1. The fourth-order valence-corrected chi connectivity index (χ4v) is 5.05. The molecule has 8 heteroatoms. The lowest BCUT2D eigenvalue weighted by atomic mass is 9.95. The van der Waals surface area contributed by atoms with Crippen molar-refractivity contribution in [1.82, 2.24) is 4.90 Å². The minimum absolute atomic E-state index is 0.0995. The van der Waals surface area contributed by atoms with Gasteiger partial charge in [-0.3, -0.25) is 4.79 Å². The van der Waals surface area contributed by atoms with Crippen molar-refractivity contribution in [1.29, 1.82) is 0 Å². The van der Waals surface area contributed by atoms with E-state index in [0.717, 1.165) is 33.5 Å². The molecular formula is C29H31ClFN3O3. The van der Waals surface area contributed by atoms with Crippen LogP contribution < -0.4 is 10.5 Å². The molecule has 3 aromatic rings. The number of fused-ring (bicyclic) bond motifs is 3. The van der Waals surface area contributed by atoms with E-state index in [4.69, 9.17) is 26.9 Å². The van der Waals surface area contributed by atoms with E-state index in [2.05, 4.69) is 22.2 Å². The number of ether oxygens (including phenoxy) is 1. The van der Waals surface area contributed by atoms with Gasteiger partial charge in [0.25, 0.3) is 5.91 Å². The van der Waals surface area contributed by atoms with Crippen LogP contribution in [0.1, 0.15) is 48.8 Å². The van der Waals surface area contributed by atoms with Crippen LogP contribution in [0.3, 0.4) is 0 Å². The maximum Gasteiger partial charge on any atom is 0.271 e. The molecule has 0 radical (unpaired) electrons. The van der Waals surface area contributed by atoms with Crippen molar-refractivity contribution >= 4 is 34.0 Å². The van der Waals surface area contributed by atoms with Crippen molar-refractivity contribution in [2.75, 3.05) is 19.6 Å². The molecule has 0 bridgehead atoms. The van der Waals surface area contributed by atoms with Crippen molar-refractivity contribution in [3.05, 3.63) is 76.1 Å². The van der Waals surface area contributed by atoms with Gasteiger partial charge in [-0.05, 0) is 98.8 Å². The minimum atomic E-state index is -0.641. The fraction of sp³-hybridized carbons (Fsp3) is 0.379. The van der Waals surface area contributed by atoms with Gasteiger partial charge in [0.15, 0.2) is 5.71 Å². The summed E-state index contributed by atoms with van der Waals surface area (Å²) in [5.74, 6) is -0.0900. The summed E-state index contributed by atoms with van der Waals surface area (Å²) in [5.41, 5.74) is 8.11. The van der Waals surface area contributed by atoms with Crippen molar-refractivity contribution in [2.24, 2.45) is 10.9 Å². The highest BCUT2D eigenvalue weighted by Crippen LogP contribution is 2.32. The van der Waals surface area contributed by atoms with Crippen molar-refractivity contribution in [3.63, 3.8) is 0 Å². The number of nitrogens with zero attached hydrogens (tertiary/aromatic N) is 2. The van der Waals surface area contributed by atoms with Crippen molar-refractivity contribution in [3.8, 4) is 5.75 Å². The summed E-state index contributed by atoms with van der Waals surface area (Å²) in [4.78, 5) is 18.8. The number of rotatable bonds is 7. The first-order chi connectivity index (χ1) is 18.0. The molecule has 3 aliphatic rings. The van der Waals surface area contributed by atoms with Gasteiger partial charge in [0.2, 0.25) is 0 Å². The molecule has 2 N–H and O–H groups in total. The van der Waals surface area contributed by atoms with Crippen molar-refractivity contribution in [2.45, 2.75) is 51.2 Å². The van der Waals surface area contributed by atoms with Gasteiger partial charge in [-0.1, -0.05) is 41.0 Å². The molecule has 6 nitrogen and oxygen atoms in total. The average Bonchev–Trinajstić information content (AvgIpc) is 3.56. The average molecular weight is 524 g/mol. The van der Waals surface area contributed by atoms with Crippen LogP contribution in [0.4, 0.5) is 4.39 Å². The van der Waals surface area contributed by atoms with Gasteiger partial charge in [-0.15, -0.1) is 0 Å². The summed E-state index contributed by atoms with van der Waals surface area (Å²) in [6.07, 6.45) is 7.84. The van der Waals surface area contributed by atoms with Gasteiger partial charge in [-0.25, -0.2) is 4.39 Å². The van der Waals surface area contributed by atoms with Gasteiger partial charge >= 0.3 is 0 Å². The third-order valence-corrected chi connectivity index (χ3v) is 7.19. The number of aryl methyl sites for hydroxylation is 1. The Morgan fingerprint density at radius 1 is 1.14 bits per heavy atom. The largest absolute Gasteiger partial charge is 0.489 e. The Bertz CT molecular complexity index is 1320. The van der Waals surface area contributed by atoms with Crippen LogP contribution in [-0.2, 0) is 22.7 Å². The van der Waals surface area contributed by atoms with Crippen LogP contribution in [-0.4, -0.2) is 42.3 Å². The summed E-state index contributed by atoms with van der Waals surface area (Å²) in [6, 6.07) is 14.2. The maximum absolute atomic E-state index is 13.1. The maximum atomic E-state index is 13.1. The molecule has 2 aliphatic heterocycles. The fourth-order valence-electron chi connectivity index (χ4n) is 4.80. The van der Waals surface area contributed by atoms with E-state index in [-0.39, 0.29) is 18.1 Å². The molecule has 2 fully saturated rings. The number of hydrogen-bond acceptors (Lipinski definition) is 5. The number of primary amides is 1. The summed E-state index contributed by atoms with van der Waals surface area (Å²) in [6.45, 7) is 4.04. The molecule has 1 saturated heterocycles. The molecule has 3 aromatic carbocycles. The van der Waals surface area contributed by atoms with Crippen LogP contribution in [0, 0.1) is 5.82 Å². The number of hydrogen-bond donors (Lipinski definition) is 1. The second-order valence-corrected chi connectivity index (χ2v) is 10.2. The van der Waals surface area contributed by atoms with Gasteiger partial charge in [0.1, 0.15) is 18.2 Å². The van der Waals surface area contributed by atoms with Crippen LogP contribution in [0.15, 0.2) is 53.7 Å². The van der Waals surface area contributed by atoms with Crippen LogP contribution in [0.2, 0.25) is 5.02 Å². The molecule has 6 rings (SSSR count). The normalized spacial score (nSPS) is 16.9. The zero-order valence-corrected chi connectivity index (χ0v) is 21.5. The zero-order chi connectivity index (χ0) is 25.8. The molecule has 0 aromatic heterocycles. The molecule has 1 aliphatic carbocycles. The highest BCUT2D eigenvalue weighted by Gasteiger charge is 2.24. The molecule has 0 unspecified atom stereocenters. The Kier molecular flexibility index (Phi) is 7.91. The Hall–Kier alpha value is -3.16. The van der Waals surface area contributed by atoms with E-state index in [1.54, 1.807) is 18.2 Å². The lowest BCUT2D eigenvalue weighted by Gasteiger charge is -2.16. The van der Waals surface area contributed by atoms with E-state index < -0.39 is 5.91 Å². The zero-order valence-electron chi connectivity index (χ0n) is 20.7. The topological polar surface area (TPSA) is 77.2 Å². The molecular weight excluding hydrogens is 493 g/mol. The van der Waals surface area contributed by atoms with Crippen LogP contribution in [0.5, 0.6) is 5.75 Å². The molecule has 1 saturated carbocycles. The molecule has 1 amide bonds. The molecule has 37 heavy (non-hydrogen) atoms. The first kappa shape index (κ1) is 25.5. The number of benzene rings is 3. The van der Waals surface area contributed by atoms with Crippen LogP contribution in [0.25, 0.3) is 10.8 Å². The predicted molar refractivity (Wildman–Crippen MR) is 144 cm³/mol. The third-order valence-electron chi connectivity index (χ3n) is 6.90. The van der Waals surface area contributed by atoms with Gasteiger partial charge in [-0.2, -0.15) is 0 Å². The molecule has 194 valence electrons. The lowest BCUT2D eigenvalue weighted by Crippen LogP contribution is -2.27. The number of halogens is 2. The predicted octanol–water partition coefficient (Wildman–Crippen LogP) is 5.61. The third kappa shape index (κ3) is 6.40. The number of oxime groups is 1. The van der Waals surface area contributed by atoms with Gasteiger partial charge in [0.05, 0.1) is 11.1 Å². The second kappa shape index (κ2) is 11.5. The first-order valence-corrected chi connectivity index (χ1v) is 13.2. The smallest absolute Gasteiger partial charge is 0.271 e. The molecule has 2 heterocycles. The quantitative estimate of drug-likeness (QED) is 0.437.